The van der Waals surface area contributed by atoms with Crippen LogP contribution in [-0.2, 0) is 6.42 Å². The second kappa shape index (κ2) is 7.94. The van der Waals surface area contributed by atoms with Crippen LogP contribution >= 0.6 is 22.6 Å². The second-order valence-corrected chi connectivity index (χ2v) is 6.12. The molecule has 0 N–H and O–H groups in total. The van der Waals surface area contributed by atoms with Crippen LogP contribution in [0.1, 0.15) is 24.8 Å². The fourth-order valence-electron chi connectivity index (χ4n) is 2.23. The number of alkyl halides is 1. The van der Waals surface area contributed by atoms with Crippen molar-refractivity contribution >= 4 is 22.6 Å². The van der Waals surface area contributed by atoms with Crippen molar-refractivity contribution in [2.24, 2.45) is 0 Å². The van der Waals surface area contributed by atoms with E-state index in [1.807, 2.05) is 0 Å². The lowest BCUT2D eigenvalue weighted by Crippen LogP contribution is -1.97. The number of halogens is 5. The lowest BCUT2D eigenvalue weighted by Gasteiger charge is -2.08. The largest absolute Gasteiger partial charge is 0.251 e. The van der Waals surface area contributed by atoms with Crippen LogP contribution in [-0.4, -0.2) is 6.67 Å². The summed E-state index contributed by atoms with van der Waals surface area (Å²) >= 11 is 1.44. The standard InChI is InChI=1S/C17H15F4I/c18-9-3-1-2-4-11-5-7-12(8-6-11)13-10-14(19)17(22)16(21)15(13)20/h5-8,10H,1-4,9H2. The van der Waals surface area contributed by atoms with E-state index in [0.717, 1.165) is 30.9 Å². The van der Waals surface area contributed by atoms with Gasteiger partial charge in [-0.3, -0.25) is 4.39 Å². The highest BCUT2D eigenvalue weighted by molar-refractivity contribution is 14.1. The van der Waals surface area contributed by atoms with Gasteiger partial charge >= 0.3 is 0 Å². The first kappa shape index (κ1) is 17.2. The topological polar surface area (TPSA) is 0 Å². The predicted octanol–water partition coefficient (Wildman–Crippen LogP) is 6.06. The number of aryl methyl sites for hydroxylation is 1. The SMILES string of the molecule is FCCCCCc1ccc(-c2cc(F)c(I)c(F)c2F)cc1. The molecule has 0 amide bonds. The quantitative estimate of drug-likeness (QED) is 0.175. The molecular formula is C17H15F4I. The van der Waals surface area contributed by atoms with E-state index < -0.39 is 17.5 Å². The van der Waals surface area contributed by atoms with Crippen LogP contribution in [0.5, 0.6) is 0 Å². The molecule has 2 aromatic carbocycles. The molecule has 0 aliphatic rings. The summed E-state index contributed by atoms with van der Waals surface area (Å²) in [7, 11) is 0. The summed E-state index contributed by atoms with van der Waals surface area (Å²) in [4.78, 5) is 0. The normalized spacial score (nSPS) is 11.0. The highest BCUT2D eigenvalue weighted by atomic mass is 127. The van der Waals surface area contributed by atoms with Crippen molar-refractivity contribution in [1.29, 1.82) is 0 Å². The highest BCUT2D eigenvalue weighted by Crippen LogP contribution is 2.29. The summed E-state index contributed by atoms with van der Waals surface area (Å²) in [6.45, 7) is -0.303. The molecule has 2 rings (SSSR count). The molecule has 0 unspecified atom stereocenters. The first-order valence-corrected chi connectivity index (χ1v) is 8.10. The fourth-order valence-corrected chi connectivity index (χ4v) is 2.63. The Labute approximate surface area is 140 Å². The smallest absolute Gasteiger partial charge is 0.175 e. The van der Waals surface area contributed by atoms with Gasteiger partial charge in [0, 0.05) is 5.56 Å². The average molecular weight is 422 g/mol. The monoisotopic (exact) mass is 422 g/mol. The van der Waals surface area contributed by atoms with E-state index in [4.69, 9.17) is 0 Å². The molecule has 0 nitrogen and oxygen atoms in total. The van der Waals surface area contributed by atoms with Crippen LogP contribution in [0.4, 0.5) is 17.6 Å². The molecule has 0 heterocycles. The lowest BCUT2D eigenvalue weighted by molar-refractivity contribution is 0.456. The van der Waals surface area contributed by atoms with Crippen molar-refractivity contribution in [1.82, 2.24) is 0 Å². The van der Waals surface area contributed by atoms with E-state index >= 15 is 0 Å². The van der Waals surface area contributed by atoms with Gasteiger partial charge in [-0.2, -0.15) is 0 Å². The molecule has 0 aromatic heterocycles. The van der Waals surface area contributed by atoms with E-state index in [0.29, 0.717) is 12.0 Å². The summed E-state index contributed by atoms with van der Waals surface area (Å²) < 4.78 is 52.8. The van der Waals surface area contributed by atoms with E-state index in [-0.39, 0.29) is 15.8 Å². The van der Waals surface area contributed by atoms with E-state index in [1.165, 1.54) is 22.6 Å². The van der Waals surface area contributed by atoms with Gasteiger partial charge in [-0.15, -0.1) is 0 Å². The summed E-state index contributed by atoms with van der Waals surface area (Å²) in [6.07, 6.45) is 3.06. The van der Waals surface area contributed by atoms with E-state index in [2.05, 4.69) is 0 Å². The Morgan fingerprint density at radius 1 is 0.864 bits per heavy atom. The number of hydrogen-bond donors (Lipinski definition) is 0. The van der Waals surface area contributed by atoms with Crippen molar-refractivity contribution in [2.75, 3.05) is 6.67 Å². The molecule has 22 heavy (non-hydrogen) atoms. The van der Waals surface area contributed by atoms with E-state index in [1.54, 1.807) is 24.3 Å². The van der Waals surface area contributed by atoms with Crippen molar-refractivity contribution in [3.63, 3.8) is 0 Å². The minimum atomic E-state index is -1.16. The maximum absolute atomic E-state index is 13.9. The highest BCUT2D eigenvalue weighted by Gasteiger charge is 2.17. The third-order valence-electron chi connectivity index (χ3n) is 3.47. The van der Waals surface area contributed by atoms with Crippen molar-refractivity contribution in [3.8, 4) is 11.1 Å². The predicted molar refractivity (Wildman–Crippen MR) is 88.0 cm³/mol. The molecule has 0 bridgehead atoms. The molecule has 5 heteroatoms. The number of rotatable bonds is 6. The first-order valence-electron chi connectivity index (χ1n) is 7.03. The van der Waals surface area contributed by atoms with Gasteiger partial charge in [0.2, 0.25) is 0 Å². The molecule has 0 aliphatic heterocycles. The number of benzene rings is 2. The van der Waals surface area contributed by atoms with E-state index in [9.17, 15) is 17.6 Å². The molecule has 2 aromatic rings. The minimum Gasteiger partial charge on any atom is -0.251 e. The molecular weight excluding hydrogens is 407 g/mol. The zero-order valence-corrected chi connectivity index (χ0v) is 14.0. The zero-order valence-electron chi connectivity index (χ0n) is 11.8. The molecule has 0 spiro atoms. The number of hydrogen-bond acceptors (Lipinski definition) is 0. The van der Waals surface area contributed by atoms with Crippen LogP contribution in [0.25, 0.3) is 11.1 Å². The Bertz CT molecular complexity index is 638. The van der Waals surface area contributed by atoms with Crippen LogP contribution in [0.3, 0.4) is 0 Å². The summed E-state index contributed by atoms with van der Waals surface area (Å²) in [5, 5.41) is 0. The Balaban J connectivity index is 2.17. The zero-order chi connectivity index (χ0) is 16.1. The van der Waals surface area contributed by atoms with Crippen molar-refractivity contribution in [3.05, 3.63) is 56.9 Å². The van der Waals surface area contributed by atoms with Crippen molar-refractivity contribution < 1.29 is 17.6 Å². The average Bonchev–Trinajstić information content (AvgIpc) is 2.54. The maximum Gasteiger partial charge on any atom is 0.175 e. The van der Waals surface area contributed by atoms with Gasteiger partial charge in [-0.25, -0.2) is 13.2 Å². The Kier molecular flexibility index (Phi) is 6.23. The van der Waals surface area contributed by atoms with Gasteiger partial charge in [0.05, 0.1) is 10.2 Å². The summed E-state index contributed by atoms with van der Waals surface area (Å²) in [6, 6.07) is 7.91. The minimum absolute atomic E-state index is 0.0839. The molecule has 0 fully saturated rings. The summed E-state index contributed by atoms with van der Waals surface area (Å²) in [5.41, 5.74) is 1.38. The Morgan fingerprint density at radius 3 is 2.18 bits per heavy atom. The maximum atomic E-state index is 13.9. The van der Waals surface area contributed by atoms with Crippen molar-refractivity contribution in [2.45, 2.75) is 25.7 Å². The molecule has 0 atom stereocenters. The van der Waals surface area contributed by atoms with Crippen LogP contribution in [0.2, 0.25) is 0 Å². The second-order valence-electron chi connectivity index (χ2n) is 5.04. The molecule has 0 saturated heterocycles. The molecule has 0 aliphatic carbocycles. The van der Waals surface area contributed by atoms with Gasteiger partial charge < -0.3 is 0 Å². The molecule has 0 saturated carbocycles. The third-order valence-corrected chi connectivity index (χ3v) is 4.46. The van der Waals surface area contributed by atoms with Crippen LogP contribution in [0, 0.1) is 21.0 Å². The number of unbranched alkanes of at least 4 members (excludes halogenated alkanes) is 2. The Hall–Kier alpha value is -1.11. The van der Waals surface area contributed by atoms with Gasteiger partial charge in [-0.1, -0.05) is 30.7 Å². The lowest BCUT2D eigenvalue weighted by atomic mass is 10.0. The van der Waals surface area contributed by atoms with Gasteiger partial charge in [0.25, 0.3) is 0 Å². The van der Waals surface area contributed by atoms with Gasteiger partial charge in [0.15, 0.2) is 11.6 Å². The van der Waals surface area contributed by atoms with Gasteiger partial charge in [0.1, 0.15) is 5.82 Å². The molecule has 118 valence electrons. The van der Waals surface area contributed by atoms with Crippen LogP contribution < -0.4 is 0 Å². The summed E-state index contributed by atoms with van der Waals surface area (Å²) in [5.74, 6) is -2.97. The molecule has 0 radical (unpaired) electrons. The van der Waals surface area contributed by atoms with Crippen LogP contribution in [0.15, 0.2) is 30.3 Å². The van der Waals surface area contributed by atoms with Gasteiger partial charge in [-0.05, 0) is 59.0 Å². The fraction of sp³-hybridized carbons (Fsp3) is 0.294. The first-order chi connectivity index (χ1) is 10.5. The Morgan fingerprint density at radius 2 is 1.55 bits per heavy atom. The third kappa shape index (κ3) is 4.00.